The molecular weight excluding hydrogens is 258 g/mol. The molecule has 2 heteroatoms. The number of hydrogen-bond donors (Lipinski definition) is 1. The molecule has 0 radical (unpaired) electrons. The summed E-state index contributed by atoms with van der Waals surface area (Å²) in [4.78, 5) is 2.63. The van der Waals surface area contributed by atoms with Gasteiger partial charge in [0.25, 0.3) is 0 Å². The molecule has 1 unspecified atom stereocenters. The van der Waals surface area contributed by atoms with Crippen molar-refractivity contribution in [3.63, 3.8) is 0 Å². The Bertz CT molecular complexity index is 455. The van der Waals surface area contributed by atoms with Crippen molar-refractivity contribution >= 4 is 0 Å². The van der Waals surface area contributed by atoms with Crippen LogP contribution in [0.2, 0.25) is 0 Å². The number of phenols is 1. The van der Waals surface area contributed by atoms with E-state index in [1.807, 2.05) is 6.92 Å². The lowest BCUT2D eigenvalue weighted by atomic mass is 9.86. The first-order valence-corrected chi connectivity index (χ1v) is 8.65. The van der Waals surface area contributed by atoms with Crippen LogP contribution in [-0.2, 0) is 0 Å². The standard InChI is InChI=1S/C19H31NO/c1-4-5-6-7-12-20-13-8-9-17(14-20)18-11-10-15(2)19(21)16(18)3/h10-11,17,21H,4-9,12-14H2,1-3H3. The average molecular weight is 289 g/mol. The third kappa shape index (κ3) is 4.23. The van der Waals surface area contributed by atoms with Gasteiger partial charge in [0.2, 0.25) is 0 Å². The molecule has 0 saturated carbocycles. The Labute approximate surface area is 130 Å². The molecule has 1 aromatic rings. The molecule has 0 aliphatic carbocycles. The number of rotatable bonds is 6. The number of hydrogen-bond acceptors (Lipinski definition) is 2. The normalized spacial score (nSPS) is 19.9. The van der Waals surface area contributed by atoms with Gasteiger partial charge in [0, 0.05) is 6.54 Å². The number of phenolic OH excluding ortho intramolecular Hbond substituents is 1. The molecule has 1 aliphatic rings. The molecule has 1 aliphatic heterocycles. The van der Waals surface area contributed by atoms with Crippen LogP contribution in [0.15, 0.2) is 12.1 Å². The molecule has 0 bridgehead atoms. The van der Waals surface area contributed by atoms with Crippen molar-refractivity contribution < 1.29 is 5.11 Å². The molecule has 1 saturated heterocycles. The first-order chi connectivity index (χ1) is 10.1. The van der Waals surface area contributed by atoms with Crippen LogP contribution in [0.25, 0.3) is 0 Å². The Morgan fingerprint density at radius 3 is 2.76 bits per heavy atom. The van der Waals surface area contributed by atoms with Crippen molar-refractivity contribution in [2.75, 3.05) is 19.6 Å². The number of benzene rings is 1. The molecule has 2 nitrogen and oxygen atoms in total. The predicted molar refractivity (Wildman–Crippen MR) is 90.1 cm³/mol. The number of likely N-dealkylation sites (tertiary alicyclic amines) is 1. The summed E-state index contributed by atoms with van der Waals surface area (Å²) in [5.41, 5.74) is 3.44. The van der Waals surface area contributed by atoms with Gasteiger partial charge in [0.15, 0.2) is 0 Å². The zero-order chi connectivity index (χ0) is 15.2. The smallest absolute Gasteiger partial charge is 0.121 e. The Morgan fingerprint density at radius 1 is 1.19 bits per heavy atom. The van der Waals surface area contributed by atoms with Gasteiger partial charge in [-0.1, -0.05) is 38.3 Å². The van der Waals surface area contributed by atoms with E-state index in [1.54, 1.807) is 0 Å². The van der Waals surface area contributed by atoms with E-state index in [0.717, 1.165) is 17.7 Å². The van der Waals surface area contributed by atoms with Crippen molar-refractivity contribution in [3.8, 4) is 5.75 Å². The fraction of sp³-hybridized carbons (Fsp3) is 0.684. The minimum atomic E-state index is 0.493. The molecule has 0 amide bonds. The van der Waals surface area contributed by atoms with Gasteiger partial charge in [-0.3, -0.25) is 0 Å². The molecule has 1 aromatic carbocycles. The van der Waals surface area contributed by atoms with Crippen LogP contribution in [0, 0.1) is 13.8 Å². The Balaban J connectivity index is 1.96. The first kappa shape index (κ1) is 16.4. The predicted octanol–water partition coefficient (Wildman–Crippen LogP) is 4.77. The van der Waals surface area contributed by atoms with Gasteiger partial charge in [0.1, 0.15) is 5.75 Å². The molecular formula is C19H31NO. The molecule has 21 heavy (non-hydrogen) atoms. The van der Waals surface area contributed by atoms with Crippen molar-refractivity contribution in [2.24, 2.45) is 0 Å². The van der Waals surface area contributed by atoms with E-state index in [9.17, 15) is 5.11 Å². The lowest BCUT2D eigenvalue weighted by Crippen LogP contribution is -2.35. The van der Waals surface area contributed by atoms with Crippen molar-refractivity contribution in [1.29, 1.82) is 0 Å². The van der Waals surface area contributed by atoms with Crippen LogP contribution >= 0.6 is 0 Å². The summed E-state index contributed by atoms with van der Waals surface area (Å²) >= 11 is 0. The highest BCUT2D eigenvalue weighted by Crippen LogP contribution is 2.34. The third-order valence-electron chi connectivity index (χ3n) is 4.95. The topological polar surface area (TPSA) is 23.5 Å². The van der Waals surface area contributed by atoms with Gasteiger partial charge < -0.3 is 10.0 Å². The minimum Gasteiger partial charge on any atom is -0.507 e. The highest BCUT2D eigenvalue weighted by atomic mass is 16.3. The second-order valence-electron chi connectivity index (χ2n) is 6.65. The first-order valence-electron chi connectivity index (χ1n) is 8.65. The van der Waals surface area contributed by atoms with Crippen LogP contribution in [0.4, 0.5) is 0 Å². The average Bonchev–Trinajstić information content (AvgIpc) is 2.50. The van der Waals surface area contributed by atoms with Crippen LogP contribution < -0.4 is 0 Å². The van der Waals surface area contributed by atoms with E-state index in [4.69, 9.17) is 0 Å². The summed E-state index contributed by atoms with van der Waals surface area (Å²) < 4.78 is 0. The highest BCUT2D eigenvalue weighted by Gasteiger charge is 2.23. The van der Waals surface area contributed by atoms with Crippen LogP contribution in [0.5, 0.6) is 5.75 Å². The number of aryl methyl sites for hydroxylation is 1. The number of nitrogens with zero attached hydrogens (tertiary/aromatic N) is 1. The molecule has 1 heterocycles. The lowest BCUT2D eigenvalue weighted by molar-refractivity contribution is 0.203. The van der Waals surface area contributed by atoms with Gasteiger partial charge in [-0.15, -0.1) is 0 Å². The monoisotopic (exact) mass is 289 g/mol. The number of aromatic hydroxyl groups is 1. The quantitative estimate of drug-likeness (QED) is 0.763. The molecule has 1 N–H and O–H groups in total. The van der Waals surface area contributed by atoms with Crippen molar-refractivity contribution in [1.82, 2.24) is 4.90 Å². The van der Waals surface area contributed by atoms with Crippen LogP contribution in [0.3, 0.4) is 0 Å². The summed E-state index contributed by atoms with van der Waals surface area (Å²) in [5, 5.41) is 10.2. The van der Waals surface area contributed by atoms with E-state index in [2.05, 4.69) is 30.9 Å². The van der Waals surface area contributed by atoms with E-state index in [0.29, 0.717) is 11.7 Å². The molecule has 1 fully saturated rings. The summed E-state index contributed by atoms with van der Waals surface area (Å²) in [6.07, 6.45) is 7.91. The maximum Gasteiger partial charge on any atom is 0.121 e. The largest absolute Gasteiger partial charge is 0.507 e. The zero-order valence-electron chi connectivity index (χ0n) is 14.0. The molecule has 118 valence electrons. The Morgan fingerprint density at radius 2 is 2.00 bits per heavy atom. The van der Waals surface area contributed by atoms with Gasteiger partial charge in [-0.05, 0) is 68.8 Å². The fourth-order valence-electron chi connectivity index (χ4n) is 3.57. The Hall–Kier alpha value is -1.02. The molecule has 2 rings (SSSR count). The summed E-state index contributed by atoms with van der Waals surface area (Å²) in [6, 6.07) is 4.30. The Kier molecular flexibility index (Phi) is 6.10. The van der Waals surface area contributed by atoms with Gasteiger partial charge in [0.05, 0.1) is 0 Å². The SMILES string of the molecule is CCCCCCN1CCCC(c2ccc(C)c(O)c2C)C1. The van der Waals surface area contributed by atoms with Gasteiger partial charge in [-0.2, -0.15) is 0 Å². The van der Waals surface area contributed by atoms with E-state index < -0.39 is 0 Å². The van der Waals surface area contributed by atoms with Gasteiger partial charge >= 0.3 is 0 Å². The minimum absolute atomic E-state index is 0.493. The van der Waals surface area contributed by atoms with Crippen LogP contribution in [0.1, 0.15) is 68.1 Å². The van der Waals surface area contributed by atoms with E-state index >= 15 is 0 Å². The molecule has 0 spiro atoms. The highest BCUT2D eigenvalue weighted by molar-refractivity contribution is 5.45. The fourth-order valence-corrected chi connectivity index (χ4v) is 3.57. The zero-order valence-corrected chi connectivity index (χ0v) is 14.0. The number of piperidine rings is 1. The summed E-state index contributed by atoms with van der Waals surface area (Å²) in [6.45, 7) is 9.97. The second-order valence-corrected chi connectivity index (χ2v) is 6.65. The van der Waals surface area contributed by atoms with Crippen LogP contribution in [-0.4, -0.2) is 29.6 Å². The third-order valence-corrected chi connectivity index (χ3v) is 4.95. The maximum atomic E-state index is 10.2. The van der Waals surface area contributed by atoms with Crippen molar-refractivity contribution in [2.45, 2.75) is 65.2 Å². The van der Waals surface area contributed by atoms with E-state index in [-0.39, 0.29) is 0 Å². The van der Waals surface area contributed by atoms with Gasteiger partial charge in [-0.25, -0.2) is 0 Å². The molecule has 0 aromatic heterocycles. The maximum absolute atomic E-state index is 10.2. The summed E-state index contributed by atoms with van der Waals surface area (Å²) in [5.74, 6) is 1.09. The van der Waals surface area contributed by atoms with E-state index in [1.165, 1.54) is 57.2 Å². The lowest BCUT2D eigenvalue weighted by Gasteiger charge is -2.34. The molecule has 1 atom stereocenters. The second kappa shape index (κ2) is 7.84. The summed E-state index contributed by atoms with van der Waals surface area (Å²) in [7, 11) is 0. The van der Waals surface area contributed by atoms with Crippen molar-refractivity contribution in [3.05, 3.63) is 28.8 Å². The number of unbranched alkanes of at least 4 members (excludes halogenated alkanes) is 3.